The maximum absolute atomic E-state index is 8.58. The highest BCUT2D eigenvalue weighted by atomic mass is 32.1. The van der Waals surface area contributed by atoms with Gasteiger partial charge in [-0.3, -0.25) is 0 Å². The summed E-state index contributed by atoms with van der Waals surface area (Å²) < 4.78 is 0. The van der Waals surface area contributed by atoms with E-state index in [-0.39, 0.29) is 0 Å². The van der Waals surface area contributed by atoms with E-state index in [2.05, 4.69) is 5.73 Å². The Morgan fingerprint density at radius 3 is 2.00 bits per heavy atom. The number of nitrogens with zero attached hydrogens (tertiary/aromatic N) is 2. The lowest BCUT2D eigenvalue weighted by Crippen LogP contribution is -1.83. The molecule has 0 atom stereocenters. The summed E-state index contributed by atoms with van der Waals surface area (Å²) in [5, 5.41) is 17.6. The number of nitrogen functional groups attached to an aromatic ring is 1. The number of rotatable bonds is 0. The van der Waals surface area contributed by atoms with Crippen LogP contribution in [0.25, 0.3) is 0 Å². The predicted molar refractivity (Wildman–Crippen MR) is 53.0 cm³/mol. The highest BCUT2D eigenvalue weighted by molar-refractivity contribution is 7.16. The van der Waals surface area contributed by atoms with Gasteiger partial charge in [-0.2, -0.15) is 10.5 Å². The topological polar surface area (TPSA) is 99.6 Å². The molecule has 4 N–H and O–H groups in total. The van der Waals surface area contributed by atoms with Crippen LogP contribution in [-0.4, -0.2) is 7.05 Å². The fraction of sp³-hybridized carbons (Fsp3) is 0.250. The smallest absolute Gasteiger partial charge is 0.111 e. The summed E-state index contributed by atoms with van der Waals surface area (Å²) in [4.78, 5) is 0.527. The van der Waals surface area contributed by atoms with E-state index in [1.54, 1.807) is 6.92 Å². The first kappa shape index (κ1) is 11.4. The van der Waals surface area contributed by atoms with Gasteiger partial charge in [0.05, 0.1) is 5.56 Å². The average molecular weight is 194 g/mol. The van der Waals surface area contributed by atoms with Gasteiger partial charge in [-0.05, 0) is 19.5 Å². The van der Waals surface area contributed by atoms with Crippen molar-refractivity contribution in [3.63, 3.8) is 0 Å². The SMILES string of the molecule is CN.Cc1c(C#N)sc(N)c1C#N. The van der Waals surface area contributed by atoms with E-state index in [1.165, 1.54) is 7.05 Å². The molecule has 0 radical (unpaired) electrons. The van der Waals surface area contributed by atoms with E-state index >= 15 is 0 Å². The van der Waals surface area contributed by atoms with E-state index in [4.69, 9.17) is 16.3 Å². The van der Waals surface area contributed by atoms with Crippen LogP contribution in [0.3, 0.4) is 0 Å². The summed E-state index contributed by atoms with van der Waals surface area (Å²) in [6.45, 7) is 1.73. The normalized spacial score (nSPS) is 7.77. The monoisotopic (exact) mass is 194 g/mol. The molecule has 1 heterocycles. The Hall–Kier alpha value is -1.56. The third-order valence-electron chi connectivity index (χ3n) is 1.39. The Balaban J connectivity index is 0.000000671. The molecule has 0 spiro atoms. The quantitative estimate of drug-likeness (QED) is 0.642. The minimum atomic E-state index is 0.432. The fourth-order valence-electron chi connectivity index (χ4n) is 0.781. The maximum Gasteiger partial charge on any atom is 0.111 e. The molecule has 0 aliphatic heterocycles. The van der Waals surface area contributed by atoms with Gasteiger partial charge >= 0.3 is 0 Å². The van der Waals surface area contributed by atoms with E-state index in [0.717, 1.165) is 11.3 Å². The first-order valence-electron chi connectivity index (χ1n) is 3.47. The van der Waals surface area contributed by atoms with Crippen molar-refractivity contribution in [1.29, 1.82) is 10.5 Å². The zero-order chi connectivity index (χ0) is 10.4. The Morgan fingerprint density at radius 1 is 1.23 bits per heavy atom. The van der Waals surface area contributed by atoms with Crippen LogP contribution in [0.5, 0.6) is 0 Å². The number of hydrogen-bond acceptors (Lipinski definition) is 5. The largest absolute Gasteiger partial charge is 0.389 e. The van der Waals surface area contributed by atoms with Crippen molar-refractivity contribution in [2.24, 2.45) is 5.73 Å². The zero-order valence-electron chi connectivity index (χ0n) is 7.46. The van der Waals surface area contributed by atoms with Crippen LogP contribution >= 0.6 is 11.3 Å². The van der Waals surface area contributed by atoms with Gasteiger partial charge in [-0.1, -0.05) is 0 Å². The molecule has 13 heavy (non-hydrogen) atoms. The molecule has 0 aliphatic rings. The van der Waals surface area contributed by atoms with Gasteiger partial charge in [-0.25, -0.2) is 0 Å². The zero-order valence-corrected chi connectivity index (χ0v) is 8.27. The second-order valence-electron chi connectivity index (χ2n) is 2.02. The first-order chi connectivity index (χ1) is 6.20. The van der Waals surface area contributed by atoms with E-state index < -0.39 is 0 Å². The van der Waals surface area contributed by atoms with Crippen molar-refractivity contribution in [2.75, 3.05) is 12.8 Å². The molecule has 1 rings (SSSR count). The van der Waals surface area contributed by atoms with Crippen LogP contribution in [0.4, 0.5) is 5.00 Å². The number of hydrogen-bond donors (Lipinski definition) is 2. The lowest BCUT2D eigenvalue weighted by molar-refractivity contribution is 1.42. The molecule has 0 aliphatic carbocycles. The van der Waals surface area contributed by atoms with Crippen LogP contribution in [-0.2, 0) is 0 Å². The Kier molecular flexibility index (Phi) is 4.53. The van der Waals surface area contributed by atoms with Crippen molar-refractivity contribution >= 4 is 16.3 Å². The molecule has 68 valence electrons. The third-order valence-corrected chi connectivity index (χ3v) is 2.41. The van der Waals surface area contributed by atoms with E-state index in [1.807, 2.05) is 12.1 Å². The molecular formula is C8H10N4S. The number of anilines is 1. The molecule has 0 bridgehead atoms. The minimum absolute atomic E-state index is 0.432. The standard InChI is InChI=1S/C7H5N3S.CH5N/c1-4-5(2-8)7(10)11-6(4)3-9;1-2/h10H2,1H3;2H2,1H3. The molecule has 1 aromatic rings. The molecule has 0 saturated heterocycles. The molecule has 1 aromatic heterocycles. The molecule has 4 nitrogen and oxygen atoms in total. The van der Waals surface area contributed by atoms with Crippen molar-refractivity contribution < 1.29 is 0 Å². The summed E-state index contributed by atoms with van der Waals surface area (Å²) >= 11 is 1.16. The van der Waals surface area contributed by atoms with Gasteiger partial charge in [-0.15, -0.1) is 11.3 Å². The summed E-state index contributed by atoms with van der Waals surface area (Å²) in [6, 6.07) is 3.93. The Bertz CT molecular complexity index is 367. The van der Waals surface area contributed by atoms with Gasteiger partial charge in [0.15, 0.2) is 0 Å². The van der Waals surface area contributed by atoms with E-state index in [9.17, 15) is 0 Å². The van der Waals surface area contributed by atoms with Crippen LogP contribution in [0.15, 0.2) is 0 Å². The third kappa shape index (κ3) is 2.19. The van der Waals surface area contributed by atoms with Gasteiger partial charge < -0.3 is 11.5 Å². The van der Waals surface area contributed by atoms with E-state index in [0.29, 0.717) is 21.0 Å². The molecule has 0 saturated carbocycles. The van der Waals surface area contributed by atoms with Crippen molar-refractivity contribution in [3.8, 4) is 12.1 Å². The van der Waals surface area contributed by atoms with Crippen LogP contribution in [0.2, 0.25) is 0 Å². The maximum atomic E-state index is 8.58. The summed E-state index contributed by atoms with van der Waals surface area (Å²) in [7, 11) is 1.50. The number of nitrogens with two attached hydrogens (primary N) is 2. The van der Waals surface area contributed by atoms with Gasteiger partial charge in [0, 0.05) is 0 Å². The highest BCUT2D eigenvalue weighted by Gasteiger charge is 2.10. The lowest BCUT2D eigenvalue weighted by atomic mass is 10.2. The second-order valence-corrected chi connectivity index (χ2v) is 3.07. The van der Waals surface area contributed by atoms with Gasteiger partial charge in [0.25, 0.3) is 0 Å². The molecule has 0 amide bonds. The molecule has 0 aromatic carbocycles. The second kappa shape index (κ2) is 5.15. The number of nitriles is 2. The lowest BCUT2D eigenvalue weighted by Gasteiger charge is -1.84. The molecule has 0 unspecified atom stereocenters. The summed E-state index contributed by atoms with van der Waals surface area (Å²) in [6.07, 6.45) is 0. The molecular weight excluding hydrogens is 184 g/mol. The molecule has 0 fully saturated rings. The Labute approximate surface area is 81.0 Å². The van der Waals surface area contributed by atoms with Crippen molar-refractivity contribution in [3.05, 3.63) is 16.0 Å². The van der Waals surface area contributed by atoms with Gasteiger partial charge in [0.2, 0.25) is 0 Å². The summed E-state index contributed by atoms with van der Waals surface area (Å²) in [5.41, 5.74) is 11.1. The predicted octanol–water partition coefficient (Wildman–Crippen LogP) is 0.957. The minimum Gasteiger partial charge on any atom is -0.389 e. The fourth-order valence-corrected chi connectivity index (χ4v) is 1.60. The number of thiophene rings is 1. The highest BCUT2D eigenvalue weighted by Crippen LogP contribution is 2.28. The van der Waals surface area contributed by atoms with Crippen LogP contribution in [0.1, 0.15) is 16.0 Å². The summed E-state index contributed by atoms with van der Waals surface area (Å²) in [5.74, 6) is 0. The first-order valence-corrected chi connectivity index (χ1v) is 4.29. The van der Waals surface area contributed by atoms with Crippen molar-refractivity contribution in [1.82, 2.24) is 0 Å². The average Bonchev–Trinajstić information content (AvgIpc) is 2.44. The Morgan fingerprint density at radius 2 is 1.77 bits per heavy atom. The van der Waals surface area contributed by atoms with Crippen LogP contribution < -0.4 is 11.5 Å². The van der Waals surface area contributed by atoms with Gasteiger partial charge in [0.1, 0.15) is 22.0 Å². The molecule has 5 heteroatoms. The van der Waals surface area contributed by atoms with Crippen LogP contribution in [0, 0.1) is 29.6 Å². The van der Waals surface area contributed by atoms with Crippen molar-refractivity contribution in [2.45, 2.75) is 6.92 Å².